The minimum absolute atomic E-state index is 0.144. The lowest BCUT2D eigenvalue weighted by atomic mass is 10.3. The van der Waals surface area contributed by atoms with E-state index in [1.807, 2.05) is 0 Å². The van der Waals surface area contributed by atoms with E-state index in [1.54, 1.807) is 6.92 Å². The van der Waals surface area contributed by atoms with E-state index in [1.165, 1.54) is 6.07 Å². The summed E-state index contributed by atoms with van der Waals surface area (Å²) in [6.07, 6.45) is -3.76. The minimum Gasteiger partial charge on any atom is -0.475 e. The summed E-state index contributed by atoms with van der Waals surface area (Å²) in [5.41, 5.74) is -1.42. The quantitative estimate of drug-likeness (QED) is 0.899. The number of carboxylic acid groups (broad SMARTS) is 1. The molecule has 2 aromatic rings. The van der Waals surface area contributed by atoms with Crippen LogP contribution in [0.25, 0.3) is 11.5 Å². The molecular formula is C10H6F3NO4. The predicted molar refractivity (Wildman–Crippen MR) is 50.9 cm³/mol. The Balaban J connectivity index is 2.56. The SMILES string of the molecule is Cc1cc(-c2nc(C(F)(F)F)c(C(=O)O)o2)co1. The van der Waals surface area contributed by atoms with Crippen LogP contribution in [0.1, 0.15) is 22.0 Å². The smallest absolute Gasteiger partial charge is 0.437 e. The Labute approximate surface area is 97.8 Å². The number of furan rings is 1. The monoisotopic (exact) mass is 261 g/mol. The van der Waals surface area contributed by atoms with Gasteiger partial charge >= 0.3 is 12.1 Å². The lowest BCUT2D eigenvalue weighted by Crippen LogP contribution is -2.11. The maximum atomic E-state index is 12.5. The third kappa shape index (κ3) is 2.08. The van der Waals surface area contributed by atoms with Gasteiger partial charge in [-0.15, -0.1) is 0 Å². The van der Waals surface area contributed by atoms with Gasteiger partial charge in [-0.3, -0.25) is 0 Å². The molecule has 2 aromatic heterocycles. The van der Waals surface area contributed by atoms with Gasteiger partial charge in [0.25, 0.3) is 0 Å². The molecule has 0 amide bonds. The summed E-state index contributed by atoms with van der Waals surface area (Å²) < 4.78 is 47.1. The maximum Gasteiger partial charge on any atom is 0.437 e. The largest absolute Gasteiger partial charge is 0.475 e. The predicted octanol–water partition coefficient (Wildman–Crippen LogP) is 2.96. The molecule has 2 heterocycles. The Hall–Kier alpha value is -2.25. The highest BCUT2D eigenvalue weighted by atomic mass is 19.4. The first-order chi connectivity index (χ1) is 8.29. The number of carboxylic acids is 1. The summed E-state index contributed by atoms with van der Waals surface area (Å²) in [5.74, 6) is -3.08. The van der Waals surface area contributed by atoms with Gasteiger partial charge in [0.1, 0.15) is 12.0 Å². The van der Waals surface area contributed by atoms with Crippen molar-refractivity contribution in [2.24, 2.45) is 0 Å². The van der Waals surface area contributed by atoms with Gasteiger partial charge in [0.2, 0.25) is 11.7 Å². The van der Waals surface area contributed by atoms with Crippen molar-refractivity contribution in [3.63, 3.8) is 0 Å². The number of rotatable bonds is 2. The van der Waals surface area contributed by atoms with E-state index in [2.05, 4.69) is 9.40 Å². The second kappa shape index (κ2) is 3.90. The summed E-state index contributed by atoms with van der Waals surface area (Å²) in [5, 5.41) is 8.64. The first-order valence-corrected chi connectivity index (χ1v) is 4.66. The molecule has 0 bridgehead atoms. The van der Waals surface area contributed by atoms with Crippen LogP contribution in [0.2, 0.25) is 0 Å². The third-order valence-corrected chi connectivity index (χ3v) is 2.07. The fraction of sp³-hybridized carbons (Fsp3) is 0.200. The Morgan fingerprint density at radius 2 is 2.11 bits per heavy atom. The number of nitrogens with zero attached hydrogens (tertiary/aromatic N) is 1. The molecule has 0 spiro atoms. The molecule has 5 nitrogen and oxygen atoms in total. The van der Waals surface area contributed by atoms with E-state index in [0.29, 0.717) is 5.76 Å². The zero-order valence-corrected chi connectivity index (χ0v) is 8.91. The molecule has 8 heteroatoms. The molecule has 0 aromatic carbocycles. The van der Waals surface area contributed by atoms with E-state index in [0.717, 1.165) is 6.26 Å². The minimum atomic E-state index is -4.89. The van der Waals surface area contributed by atoms with Crippen molar-refractivity contribution >= 4 is 5.97 Å². The van der Waals surface area contributed by atoms with Gasteiger partial charge in [0, 0.05) is 0 Å². The van der Waals surface area contributed by atoms with Crippen LogP contribution in [0.3, 0.4) is 0 Å². The lowest BCUT2D eigenvalue weighted by Gasteiger charge is -2.00. The van der Waals surface area contributed by atoms with Crippen LogP contribution < -0.4 is 0 Å². The van der Waals surface area contributed by atoms with Gasteiger partial charge < -0.3 is 13.9 Å². The fourth-order valence-electron chi connectivity index (χ4n) is 1.34. The first kappa shape index (κ1) is 12.2. The number of aryl methyl sites for hydroxylation is 1. The normalized spacial score (nSPS) is 11.8. The molecule has 1 N–H and O–H groups in total. The third-order valence-electron chi connectivity index (χ3n) is 2.07. The van der Waals surface area contributed by atoms with Crippen LogP contribution in [-0.4, -0.2) is 16.1 Å². The Morgan fingerprint density at radius 1 is 1.44 bits per heavy atom. The van der Waals surface area contributed by atoms with E-state index < -0.39 is 29.5 Å². The molecule has 0 atom stereocenters. The van der Waals surface area contributed by atoms with Crippen molar-refractivity contribution in [1.82, 2.24) is 4.98 Å². The molecule has 0 saturated heterocycles. The molecule has 0 saturated carbocycles. The molecule has 18 heavy (non-hydrogen) atoms. The average molecular weight is 261 g/mol. The second-order valence-electron chi connectivity index (χ2n) is 3.45. The van der Waals surface area contributed by atoms with Gasteiger partial charge in [-0.1, -0.05) is 0 Å². The molecule has 0 aliphatic heterocycles. The Bertz CT molecular complexity index is 597. The number of halogens is 3. The highest BCUT2D eigenvalue weighted by Gasteiger charge is 2.41. The molecule has 0 aliphatic rings. The van der Waals surface area contributed by atoms with E-state index >= 15 is 0 Å². The number of hydrogen-bond donors (Lipinski definition) is 1. The Kier molecular flexibility index (Phi) is 2.64. The number of carbonyl (C=O) groups is 1. The van der Waals surface area contributed by atoms with Gasteiger partial charge in [0.15, 0.2) is 5.69 Å². The van der Waals surface area contributed by atoms with Crippen LogP contribution in [0.15, 0.2) is 21.2 Å². The number of aromatic carboxylic acids is 1. The molecular weight excluding hydrogens is 255 g/mol. The zero-order chi connectivity index (χ0) is 13.5. The summed E-state index contributed by atoms with van der Waals surface area (Å²) in [4.78, 5) is 13.8. The van der Waals surface area contributed by atoms with Crippen molar-refractivity contribution in [2.75, 3.05) is 0 Å². The summed E-state index contributed by atoms with van der Waals surface area (Å²) in [6, 6.07) is 1.39. The standard InChI is InChI=1S/C10H6F3NO4/c1-4-2-5(3-17-4)8-14-7(10(11,12)13)6(18-8)9(15)16/h2-3H,1H3,(H,15,16). The van der Waals surface area contributed by atoms with Crippen molar-refractivity contribution in [3.8, 4) is 11.5 Å². The van der Waals surface area contributed by atoms with Crippen LogP contribution in [0.4, 0.5) is 13.2 Å². The van der Waals surface area contributed by atoms with Crippen LogP contribution in [-0.2, 0) is 6.18 Å². The van der Waals surface area contributed by atoms with Crippen LogP contribution in [0, 0.1) is 6.92 Å². The summed E-state index contributed by atoms with van der Waals surface area (Å²) >= 11 is 0. The van der Waals surface area contributed by atoms with E-state index in [-0.39, 0.29) is 5.56 Å². The molecule has 96 valence electrons. The molecule has 2 rings (SSSR count). The van der Waals surface area contributed by atoms with Crippen LogP contribution in [0.5, 0.6) is 0 Å². The second-order valence-corrected chi connectivity index (χ2v) is 3.45. The highest BCUT2D eigenvalue weighted by molar-refractivity contribution is 5.86. The maximum absolute atomic E-state index is 12.5. The van der Waals surface area contributed by atoms with Crippen molar-refractivity contribution < 1.29 is 31.9 Å². The molecule has 0 radical (unpaired) electrons. The molecule has 0 unspecified atom stereocenters. The van der Waals surface area contributed by atoms with Gasteiger partial charge in [0.05, 0.1) is 5.56 Å². The number of oxazole rings is 1. The lowest BCUT2D eigenvalue weighted by molar-refractivity contribution is -0.141. The van der Waals surface area contributed by atoms with Crippen LogP contribution >= 0.6 is 0 Å². The average Bonchev–Trinajstić information content (AvgIpc) is 2.81. The molecule has 0 aliphatic carbocycles. The van der Waals surface area contributed by atoms with E-state index in [9.17, 15) is 18.0 Å². The van der Waals surface area contributed by atoms with Gasteiger partial charge in [-0.25, -0.2) is 9.78 Å². The number of alkyl halides is 3. The van der Waals surface area contributed by atoms with Crippen molar-refractivity contribution in [1.29, 1.82) is 0 Å². The number of aromatic nitrogens is 1. The highest BCUT2D eigenvalue weighted by Crippen LogP contribution is 2.34. The topological polar surface area (TPSA) is 76.5 Å². The number of hydrogen-bond acceptors (Lipinski definition) is 4. The van der Waals surface area contributed by atoms with E-state index in [4.69, 9.17) is 9.52 Å². The zero-order valence-electron chi connectivity index (χ0n) is 8.91. The van der Waals surface area contributed by atoms with Gasteiger partial charge in [-0.2, -0.15) is 13.2 Å². The summed E-state index contributed by atoms with van der Waals surface area (Å²) in [7, 11) is 0. The Morgan fingerprint density at radius 3 is 2.50 bits per heavy atom. The molecule has 0 fully saturated rings. The van der Waals surface area contributed by atoms with Gasteiger partial charge in [-0.05, 0) is 13.0 Å². The fourth-order valence-corrected chi connectivity index (χ4v) is 1.34. The van der Waals surface area contributed by atoms with Crippen molar-refractivity contribution in [3.05, 3.63) is 29.5 Å². The first-order valence-electron chi connectivity index (χ1n) is 4.66. The van der Waals surface area contributed by atoms with Crippen molar-refractivity contribution in [2.45, 2.75) is 13.1 Å². The summed E-state index contributed by atoms with van der Waals surface area (Å²) in [6.45, 7) is 1.58.